The largest absolute Gasteiger partial charge is 0.356 e. The van der Waals surface area contributed by atoms with Crippen LogP contribution in [-0.2, 0) is 24.3 Å². The van der Waals surface area contributed by atoms with Crippen molar-refractivity contribution in [1.82, 2.24) is 15.5 Å². The number of thiophene rings is 1. The minimum absolute atomic E-state index is 0.264. The zero-order valence-corrected chi connectivity index (χ0v) is 17.6. The van der Waals surface area contributed by atoms with Crippen LogP contribution in [0, 0.1) is 5.92 Å². The van der Waals surface area contributed by atoms with E-state index in [0.717, 1.165) is 31.9 Å². The Morgan fingerprint density at radius 3 is 2.71 bits per heavy atom. The first-order chi connectivity index (χ1) is 13.7. The Morgan fingerprint density at radius 2 is 2.04 bits per heavy atom. The maximum Gasteiger partial charge on any atom is 0.222 e. The molecule has 5 nitrogen and oxygen atoms in total. The first kappa shape index (κ1) is 20.4. The number of hydrogen-bond acceptors (Lipinski definition) is 3. The number of aliphatic imine (C=N–C) groups is 1. The van der Waals surface area contributed by atoms with Crippen molar-refractivity contribution in [3.05, 3.63) is 57.8 Å². The van der Waals surface area contributed by atoms with E-state index >= 15 is 0 Å². The molecule has 0 spiro atoms. The molecule has 2 N–H and O–H groups in total. The van der Waals surface area contributed by atoms with Gasteiger partial charge < -0.3 is 15.5 Å². The second-order valence-corrected chi connectivity index (χ2v) is 8.42. The predicted octanol–water partition coefficient (Wildman–Crippen LogP) is 3.41. The van der Waals surface area contributed by atoms with Crippen LogP contribution in [0.1, 0.15) is 35.8 Å². The highest BCUT2D eigenvalue weighted by molar-refractivity contribution is 7.09. The van der Waals surface area contributed by atoms with Gasteiger partial charge in [0.25, 0.3) is 0 Å². The van der Waals surface area contributed by atoms with Crippen LogP contribution in [0.5, 0.6) is 0 Å². The second-order valence-electron chi connectivity index (χ2n) is 7.38. The maximum absolute atomic E-state index is 11.9. The van der Waals surface area contributed by atoms with Gasteiger partial charge in [0.15, 0.2) is 5.96 Å². The lowest BCUT2D eigenvalue weighted by Crippen LogP contribution is -2.39. The minimum atomic E-state index is 0.264. The summed E-state index contributed by atoms with van der Waals surface area (Å²) in [6.45, 7) is 5.38. The standard InChI is InChI=1S/C22H30N4OS/c1-17(13-20-9-6-12-28-20)14-24-22(23-2)25-15-18-7-3-4-8-19(18)16-26-11-5-10-21(26)27/h3-4,6-9,12,17H,5,10-11,13-16H2,1-2H3,(H2,23,24,25). The van der Waals surface area contributed by atoms with Crippen LogP contribution < -0.4 is 10.6 Å². The smallest absolute Gasteiger partial charge is 0.222 e. The van der Waals surface area contributed by atoms with Crippen molar-refractivity contribution in [3.8, 4) is 0 Å². The van der Waals surface area contributed by atoms with E-state index < -0.39 is 0 Å². The second kappa shape index (κ2) is 10.3. The molecule has 28 heavy (non-hydrogen) atoms. The van der Waals surface area contributed by atoms with Crippen LogP contribution in [0.25, 0.3) is 0 Å². The third kappa shape index (κ3) is 5.83. The lowest BCUT2D eigenvalue weighted by atomic mass is 10.1. The summed E-state index contributed by atoms with van der Waals surface area (Å²) in [7, 11) is 1.80. The van der Waals surface area contributed by atoms with E-state index in [1.807, 2.05) is 28.4 Å². The third-order valence-corrected chi connectivity index (χ3v) is 5.97. The third-order valence-electron chi connectivity index (χ3n) is 5.07. The first-order valence-electron chi connectivity index (χ1n) is 9.97. The van der Waals surface area contributed by atoms with Crippen molar-refractivity contribution in [1.29, 1.82) is 0 Å². The fourth-order valence-corrected chi connectivity index (χ4v) is 4.35. The van der Waals surface area contributed by atoms with Gasteiger partial charge in [-0.05, 0) is 41.3 Å². The summed E-state index contributed by atoms with van der Waals surface area (Å²) >= 11 is 1.81. The zero-order chi connectivity index (χ0) is 19.8. The van der Waals surface area contributed by atoms with E-state index in [4.69, 9.17) is 0 Å². The summed E-state index contributed by atoms with van der Waals surface area (Å²) in [5.41, 5.74) is 2.41. The van der Waals surface area contributed by atoms with Crippen LogP contribution in [-0.4, -0.2) is 36.9 Å². The van der Waals surface area contributed by atoms with Gasteiger partial charge in [0.1, 0.15) is 0 Å². The van der Waals surface area contributed by atoms with Crippen molar-refractivity contribution < 1.29 is 4.79 Å². The van der Waals surface area contributed by atoms with Crippen molar-refractivity contribution in [3.63, 3.8) is 0 Å². The summed E-state index contributed by atoms with van der Waals surface area (Å²) in [6, 6.07) is 12.6. The van der Waals surface area contributed by atoms with E-state index in [2.05, 4.69) is 52.2 Å². The van der Waals surface area contributed by atoms with Gasteiger partial charge in [-0.3, -0.25) is 9.79 Å². The molecule has 150 valence electrons. The number of benzene rings is 1. The number of carbonyl (C=O) groups excluding carboxylic acids is 1. The van der Waals surface area contributed by atoms with E-state index in [1.54, 1.807) is 7.05 Å². The Labute approximate surface area is 171 Å². The van der Waals surface area contributed by atoms with Crippen LogP contribution in [0.15, 0.2) is 46.8 Å². The number of carbonyl (C=O) groups is 1. The molecule has 2 aromatic rings. The quantitative estimate of drug-likeness (QED) is 0.529. The minimum Gasteiger partial charge on any atom is -0.356 e. The first-order valence-corrected chi connectivity index (χ1v) is 10.8. The van der Waals surface area contributed by atoms with Gasteiger partial charge in [-0.25, -0.2) is 0 Å². The Bertz CT molecular complexity index is 788. The van der Waals surface area contributed by atoms with E-state index in [0.29, 0.717) is 25.4 Å². The molecule has 0 radical (unpaired) electrons. The normalized spacial score (nSPS) is 15.7. The topological polar surface area (TPSA) is 56.7 Å². The Balaban J connectivity index is 1.50. The molecule has 1 saturated heterocycles. The molecule has 1 amide bonds. The van der Waals surface area contributed by atoms with Gasteiger partial charge in [-0.15, -0.1) is 11.3 Å². The van der Waals surface area contributed by atoms with Gasteiger partial charge in [0, 0.05) is 44.5 Å². The number of amides is 1. The average Bonchev–Trinajstić information content (AvgIpc) is 3.35. The van der Waals surface area contributed by atoms with Crippen LogP contribution in [0.3, 0.4) is 0 Å². The molecule has 1 fully saturated rings. The summed E-state index contributed by atoms with van der Waals surface area (Å²) < 4.78 is 0. The summed E-state index contributed by atoms with van der Waals surface area (Å²) in [4.78, 5) is 19.7. The van der Waals surface area contributed by atoms with Crippen LogP contribution in [0.4, 0.5) is 0 Å². The Kier molecular flexibility index (Phi) is 7.48. The maximum atomic E-state index is 11.9. The van der Waals surface area contributed by atoms with E-state index in [-0.39, 0.29) is 5.91 Å². The molecule has 1 aliphatic rings. The van der Waals surface area contributed by atoms with Crippen molar-refractivity contribution in [2.24, 2.45) is 10.9 Å². The zero-order valence-electron chi connectivity index (χ0n) is 16.8. The number of hydrogen-bond donors (Lipinski definition) is 2. The molecule has 6 heteroatoms. The van der Waals surface area contributed by atoms with Gasteiger partial charge in [-0.1, -0.05) is 37.3 Å². The van der Waals surface area contributed by atoms with Crippen molar-refractivity contribution in [2.75, 3.05) is 20.1 Å². The molecule has 1 atom stereocenters. The number of guanidine groups is 1. The summed E-state index contributed by atoms with van der Waals surface area (Å²) in [5, 5.41) is 8.97. The molecule has 0 aliphatic carbocycles. The van der Waals surface area contributed by atoms with Gasteiger partial charge in [-0.2, -0.15) is 0 Å². The predicted molar refractivity (Wildman–Crippen MR) is 116 cm³/mol. The van der Waals surface area contributed by atoms with Gasteiger partial charge >= 0.3 is 0 Å². The molecule has 1 aliphatic heterocycles. The molecule has 1 unspecified atom stereocenters. The number of nitrogens with zero attached hydrogens (tertiary/aromatic N) is 2. The fraction of sp³-hybridized carbons (Fsp3) is 0.455. The highest BCUT2D eigenvalue weighted by Crippen LogP contribution is 2.17. The lowest BCUT2D eigenvalue weighted by molar-refractivity contribution is -0.128. The van der Waals surface area contributed by atoms with Gasteiger partial charge in [0.2, 0.25) is 5.91 Å². The molecular formula is C22H30N4OS. The van der Waals surface area contributed by atoms with Crippen LogP contribution in [0.2, 0.25) is 0 Å². The molecular weight excluding hydrogens is 368 g/mol. The van der Waals surface area contributed by atoms with Crippen molar-refractivity contribution in [2.45, 2.75) is 39.3 Å². The Hall–Kier alpha value is -2.34. The summed E-state index contributed by atoms with van der Waals surface area (Å²) in [6.07, 6.45) is 2.73. The molecule has 1 aromatic heterocycles. The summed E-state index contributed by atoms with van der Waals surface area (Å²) in [5.74, 6) is 1.61. The highest BCUT2D eigenvalue weighted by atomic mass is 32.1. The number of rotatable bonds is 8. The molecule has 0 bridgehead atoms. The molecule has 3 rings (SSSR count). The van der Waals surface area contributed by atoms with Gasteiger partial charge in [0.05, 0.1) is 0 Å². The number of likely N-dealkylation sites (tertiary alicyclic amines) is 1. The van der Waals surface area contributed by atoms with E-state index in [9.17, 15) is 4.79 Å². The fourth-order valence-electron chi connectivity index (χ4n) is 3.48. The molecule has 2 heterocycles. The average molecular weight is 399 g/mol. The van der Waals surface area contributed by atoms with Crippen molar-refractivity contribution >= 4 is 23.2 Å². The molecule has 1 aromatic carbocycles. The molecule has 0 saturated carbocycles. The van der Waals surface area contributed by atoms with Crippen LogP contribution >= 0.6 is 11.3 Å². The lowest BCUT2D eigenvalue weighted by Gasteiger charge is -2.19. The Morgan fingerprint density at radius 1 is 1.21 bits per heavy atom. The monoisotopic (exact) mass is 398 g/mol. The van der Waals surface area contributed by atoms with E-state index in [1.165, 1.54) is 16.0 Å². The highest BCUT2D eigenvalue weighted by Gasteiger charge is 2.20. The number of nitrogens with one attached hydrogen (secondary N) is 2. The SMILES string of the molecule is CN=C(NCc1ccccc1CN1CCCC1=O)NCC(C)Cc1cccs1.